The van der Waals surface area contributed by atoms with Gasteiger partial charge in [0.25, 0.3) is 17.7 Å². The second kappa shape index (κ2) is 16.4. The Morgan fingerprint density at radius 2 is 1.18 bits per heavy atom. The molecule has 0 saturated heterocycles. The van der Waals surface area contributed by atoms with Crippen molar-refractivity contribution in [2.24, 2.45) is 0 Å². The van der Waals surface area contributed by atoms with Gasteiger partial charge in [0, 0.05) is 48.5 Å². The summed E-state index contributed by atoms with van der Waals surface area (Å²) in [5.74, 6) is -5.60. The summed E-state index contributed by atoms with van der Waals surface area (Å²) < 4.78 is 108. The second-order valence-corrected chi connectivity index (χ2v) is 13.3. The zero-order chi connectivity index (χ0) is 39.3. The van der Waals surface area contributed by atoms with Crippen LogP contribution in [0.15, 0.2) is 65.6 Å². The number of benzene rings is 2. The molecule has 55 heavy (non-hydrogen) atoms. The molecule has 0 atom stereocenters. The van der Waals surface area contributed by atoms with E-state index in [0.29, 0.717) is 35.6 Å². The molecule has 2 aromatic carbocycles. The van der Waals surface area contributed by atoms with E-state index in [4.69, 9.17) is 4.42 Å². The Morgan fingerprint density at radius 3 is 1.58 bits per heavy atom. The monoisotopic (exact) mass is 773 g/mol. The number of nitrogens with one attached hydrogen (secondary N) is 1. The molecule has 3 heterocycles. The maximum atomic E-state index is 13.6. The Hall–Kier alpha value is -5.68. The van der Waals surface area contributed by atoms with E-state index in [1.54, 1.807) is 12.1 Å². The molecule has 2 aliphatic carbocycles. The van der Waals surface area contributed by atoms with E-state index in [1.165, 1.54) is 36.9 Å². The van der Waals surface area contributed by atoms with E-state index in [2.05, 4.69) is 30.1 Å². The lowest BCUT2D eigenvalue weighted by Crippen LogP contribution is -2.37. The van der Waals surface area contributed by atoms with Crippen LogP contribution in [0.25, 0.3) is 11.5 Å². The van der Waals surface area contributed by atoms with Gasteiger partial charge in [-0.25, -0.2) is 37.5 Å². The van der Waals surface area contributed by atoms with Crippen LogP contribution in [0.5, 0.6) is 0 Å². The van der Waals surface area contributed by atoms with E-state index in [0.717, 1.165) is 56.2 Å². The molecule has 7 rings (SSSR count). The smallest absolute Gasteiger partial charge is 0.315 e. The maximum Gasteiger partial charge on any atom is 0.315 e. The molecule has 2 fully saturated rings. The molecule has 5 aromatic rings. The fourth-order valence-electron chi connectivity index (χ4n) is 6.53. The van der Waals surface area contributed by atoms with Crippen molar-refractivity contribution < 1.29 is 49.1 Å². The first-order chi connectivity index (χ1) is 26.3. The summed E-state index contributed by atoms with van der Waals surface area (Å²) in [4.78, 5) is 39.5. The largest absolute Gasteiger partial charge is 0.415 e. The van der Waals surface area contributed by atoms with E-state index in [-0.39, 0.29) is 22.3 Å². The van der Waals surface area contributed by atoms with Crippen LogP contribution >= 0.6 is 0 Å². The van der Waals surface area contributed by atoms with Gasteiger partial charge in [-0.3, -0.25) is 9.59 Å². The lowest BCUT2D eigenvalue weighted by Gasteiger charge is -2.42. The third kappa shape index (κ3) is 8.84. The minimum absolute atomic E-state index is 0.0776. The van der Waals surface area contributed by atoms with Crippen LogP contribution < -0.4 is 5.32 Å². The molecular formula is C37H31F8N7O3. The first-order valence-electron chi connectivity index (χ1n) is 17.0. The van der Waals surface area contributed by atoms with Gasteiger partial charge in [0.15, 0.2) is 29.1 Å². The predicted molar refractivity (Wildman–Crippen MR) is 177 cm³/mol. The third-order valence-corrected chi connectivity index (χ3v) is 9.91. The van der Waals surface area contributed by atoms with Crippen LogP contribution in [0.2, 0.25) is 0 Å². The van der Waals surface area contributed by atoms with Gasteiger partial charge in [0.1, 0.15) is 11.6 Å². The molecule has 0 bridgehead atoms. The van der Waals surface area contributed by atoms with Gasteiger partial charge in [-0.15, -0.1) is 10.2 Å². The number of hydrogen-bond donors (Lipinski definition) is 1. The fraction of sp³-hybridized carbons (Fsp3) is 0.351. The highest BCUT2D eigenvalue weighted by Gasteiger charge is 2.41. The standard InChI is InChI=1S/C19H17F4N3O2.C18H14F4N4O/c20-13-3-2-12(6-14(13)21)19(4-1-5-19)7-16-24-8-11(9-25-16)15(27)10-26-18(28)17(22)23;19-12-3-2-11(6-13(12)20)18(4-1-5-18)7-14-23-8-10(9-24-14)16-25-26-17(27-16)15(21)22/h2-3,6,8-9,17H,1,4-5,7,10H2,(H,26,28);2-3,6,8-9,15H,1,4-5,7H2. The summed E-state index contributed by atoms with van der Waals surface area (Å²) in [6, 6.07) is 7.80. The minimum atomic E-state index is -3.19. The van der Waals surface area contributed by atoms with Crippen molar-refractivity contribution >= 4 is 11.7 Å². The number of Topliss-reactive ketones (excluding diaryl/α,β-unsaturated/α-hetero) is 1. The molecule has 18 heteroatoms. The van der Waals surface area contributed by atoms with Gasteiger partial charge in [-0.2, -0.15) is 17.6 Å². The van der Waals surface area contributed by atoms with Gasteiger partial charge in [0.2, 0.25) is 0 Å². The number of hydrogen-bond acceptors (Lipinski definition) is 9. The summed E-state index contributed by atoms with van der Waals surface area (Å²) in [6.45, 7) is -0.579. The Labute approximate surface area is 307 Å². The number of ketones is 1. The van der Waals surface area contributed by atoms with E-state index >= 15 is 0 Å². The van der Waals surface area contributed by atoms with E-state index in [1.807, 2.05) is 5.32 Å². The molecule has 0 aliphatic heterocycles. The topological polar surface area (TPSA) is 137 Å². The van der Waals surface area contributed by atoms with Crippen LogP contribution in [0.4, 0.5) is 35.1 Å². The van der Waals surface area contributed by atoms with Crippen LogP contribution in [-0.4, -0.2) is 54.8 Å². The Bertz CT molecular complexity index is 2140. The Balaban J connectivity index is 0.000000187. The summed E-state index contributed by atoms with van der Waals surface area (Å²) in [7, 11) is 0. The molecule has 1 N–H and O–H groups in total. The van der Waals surface area contributed by atoms with Crippen molar-refractivity contribution in [1.29, 1.82) is 0 Å². The number of rotatable bonds is 12. The number of carbonyl (C=O) groups is 2. The quantitative estimate of drug-likeness (QED) is 0.102. The van der Waals surface area contributed by atoms with Crippen LogP contribution in [-0.2, 0) is 28.5 Å². The van der Waals surface area contributed by atoms with Gasteiger partial charge in [0.05, 0.1) is 17.7 Å². The molecular weight excluding hydrogens is 742 g/mol. The van der Waals surface area contributed by atoms with Crippen LogP contribution in [0.3, 0.4) is 0 Å². The summed E-state index contributed by atoms with van der Waals surface area (Å²) in [6.07, 6.45) is 5.31. The zero-order valence-electron chi connectivity index (χ0n) is 28.7. The molecule has 3 aromatic heterocycles. The lowest BCUT2D eigenvalue weighted by atomic mass is 9.62. The molecule has 0 unspecified atom stereocenters. The highest BCUT2D eigenvalue weighted by Crippen LogP contribution is 2.47. The van der Waals surface area contributed by atoms with Gasteiger partial charge in [-0.1, -0.05) is 25.0 Å². The van der Waals surface area contributed by atoms with Gasteiger partial charge in [-0.05, 0) is 61.1 Å². The molecule has 1 amide bonds. The maximum absolute atomic E-state index is 13.6. The van der Waals surface area contributed by atoms with Crippen molar-refractivity contribution in [3.63, 3.8) is 0 Å². The number of amides is 1. The average Bonchev–Trinajstić information content (AvgIpc) is 3.64. The lowest BCUT2D eigenvalue weighted by molar-refractivity contribution is -0.131. The molecule has 2 saturated carbocycles. The van der Waals surface area contributed by atoms with Crippen LogP contribution in [0.1, 0.15) is 84.0 Å². The summed E-state index contributed by atoms with van der Waals surface area (Å²) in [5, 5.41) is 8.64. The molecule has 288 valence electrons. The number of aromatic nitrogens is 6. The molecule has 0 radical (unpaired) electrons. The highest BCUT2D eigenvalue weighted by molar-refractivity contribution is 5.99. The number of halogens is 8. The Kier molecular flexibility index (Phi) is 11.6. The number of carbonyl (C=O) groups excluding carboxylic acids is 2. The summed E-state index contributed by atoms with van der Waals surface area (Å²) in [5.41, 5.74) is 1.09. The first kappa shape index (κ1) is 39.0. The van der Waals surface area contributed by atoms with Gasteiger partial charge >= 0.3 is 12.9 Å². The average molecular weight is 774 g/mol. The van der Waals surface area contributed by atoms with Crippen molar-refractivity contribution in [2.45, 2.75) is 75.0 Å². The third-order valence-electron chi connectivity index (χ3n) is 9.91. The molecule has 2 aliphatic rings. The van der Waals surface area contributed by atoms with Gasteiger partial charge < -0.3 is 9.73 Å². The fourth-order valence-corrected chi connectivity index (χ4v) is 6.53. The SMILES string of the molecule is Fc1ccc(C2(Cc3ncc(-c4nnc(C(F)F)o4)cn3)CCC2)cc1F.O=C(CNC(=O)C(F)F)c1cnc(CC2(c3ccc(F)c(F)c3)CCC2)nc1. The van der Waals surface area contributed by atoms with E-state index < -0.39 is 60.2 Å². The number of nitrogens with zero attached hydrogens (tertiary/aromatic N) is 6. The normalized spacial score (nSPS) is 15.5. The van der Waals surface area contributed by atoms with Crippen LogP contribution in [0, 0.1) is 23.3 Å². The molecule has 10 nitrogen and oxygen atoms in total. The Morgan fingerprint density at radius 1 is 0.691 bits per heavy atom. The molecule has 0 spiro atoms. The predicted octanol–water partition coefficient (Wildman–Crippen LogP) is 7.39. The number of alkyl halides is 4. The zero-order valence-corrected chi connectivity index (χ0v) is 28.7. The van der Waals surface area contributed by atoms with Crippen molar-refractivity contribution in [1.82, 2.24) is 35.5 Å². The van der Waals surface area contributed by atoms with Crippen molar-refractivity contribution in [3.8, 4) is 11.5 Å². The van der Waals surface area contributed by atoms with E-state index in [9.17, 15) is 44.7 Å². The minimum Gasteiger partial charge on any atom is -0.415 e. The van der Waals surface area contributed by atoms with Crippen molar-refractivity contribution in [3.05, 3.63) is 119 Å². The highest BCUT2D eigenvalue weighted by atomic mass is 19.3. The summed E-state index contributed by atoms with van der Waals surface area (Å²) >= 11 is 0. The first-order valence-corrected chi connectivity index (χ1v) is 17.0. The van der Waals surface area contributed by atoms with Crippen molar-refractivity contribution in [2.75, 3.05) is 6.54 Å². The second-order valence-electron chi connectivity index (χ2n) is 13.3.